The summed E-state index contributed by atoms with van der Waals surface area (Å²) in [4.78, 5) is 28.9. The molecule has 5 aromatic rings. The smallest absolute Gasteiger partial charge is 0.277 e. The summed E-state index contributed by atoms with van der Waals surface area (Å²) in [7, 11) is 3.20. The number of carbonyl (C=O) groups excluding carboxylic acids is 1. The zero-order valence-corrected chi connectivity index (χ0v) is 20.6. The van der Waals surface area contributed by atoms with Crippen LogP contribution in [0.25, 0.3) is 21.8 Å². The lowest BCUT2D eigenvalue weighted by atomic mass is 9.89. The van der Waals surface area contributed by atoms with Crippen molar-refractivity contribution in [2.45, 2.75) is 18.9 Å². The van der Waals surface area contributed by atoms with Crippen LogP contribution >= 0.6 is 0 Å². The number of aryl methyl sites for hydroxylation is 1. The number of nitrogens with zero attached hydrogens (tertiary/aromatic N) is 3. The van der Waals surface area contributed by atoms with Gasteiger partial charge in [0, 0.05) is 41.5 Å². The van der Waals surface area contributed by atoms with Gasteiger partial charge in [-0.3, -0.25) is 9.59 Å². The van der Waals surface area contributed by atoms with Gasteiger partial charge in [-0.15, -0.1) is 5.10 Å². The van der Waals surface area contributed by atoms with E-state index in [-0.39, 0.29) is 30.3 Å². The van der Waals surface area contributed by atoms with Gasteiger partial charge in [0.05, 0.1) is 26.2 Å². The van der Waals surface area contributed by atoms with Gasteiger partial charge in [-0.05, 0) is 29.8 Å². The third-order valence-electron chi connectivity index (χ3n) is 6.49. The van der Waals surface area contributed by atoms with Crippen LogP contribution in [-0.4, -0.2) is 46.6 Å². The number of aromatic nitrogens is 4. The van der Waals surface area contributed by atoms with Gasteiger partial charge in [0.1, 0.15) is 5.52 Å². The van der Waals surface area contributed by atoms with Gasteiger partial charge < -0.3 is 19.8 Å². The zero-order chi connectivity index (χ0) is 25.8. The van der Waals surface area contributed by atoms with Gasteiger partial charge in [-0.1, -0.05) is 47.7 Å². The average Bonchev–Trinajstić information content (AvgIpc) is 3.36. The Morgan fingerprint density at radius 1 is 0.973 bits per heavy atom. The first-order chi connectivity index (χ1) is 18.1. The van der Waals surface area contributed by atoms with E-state index in [1.807, 2.05) is 48.7 Å². The van der Waals surface area contributed by atoms with Gasteiger partial charge in [0.15, 0.2) is 11.5 Å². The molecule has 2 heterocycles. The van der Waals surface area contributed by atoms with E-state index in [9.17, 15) is 9.59 Å². The maximum absolute atomic E-state index is 12.9. The number of hydrogen-bond donors (Lipinski definition) is 2. The van der Waals surface area contributed by atoms with Crippen LogP contribution in [0.3, 0.4) is 0 Å². The lowest BCUT2D eigenvalue weighted by Crippen LogP contribution is -2.32. The van der Waals surface area contributed by atoms with Crippen molar-refractivity contribution in [1.82, 2.24) is 25.3 Å². The Morgan fingerprint density at radius 2 is 1.76 bits per heavy atom. The van der Waals surface area contributed by atoms with Crippen LogP contribution < -0.4 is 20.3 Å². The predicted octanol–water partition coefficient (Wildman–Crippen LogP) is 3.63. The molecule has 9 heteroatoms. The first-order valence-electron chi connectivity index (χ1n) is 12.0. The molecule has 188 valence electrons. The molecular formula is C28H27N5O4. The van der Waals surface area contributed by atoms with Crippen LogP contribution in [0.15, 0.2) is 77.7 Å². The van der Waals surface area contributed by atoms with Crippen LogP contribution in [0.4, 0.5) is 0 Å². The zero-order valence-electron chi connectivity index (χ0n) is 20.6. The van der Waals surface area contributed by atoms with Crippen molar-refractivity contribution in [3.05, 3.63) is 94.4 Å². The van der Waals surface area contributed by atoms with Gasteiger partial charge in [0.25, 0.3) is 5.56 Å². The van der Waals surface area contributed by atoms with E-state index in [0.29, 0.717) is 28.9 Å². The third-order valence-corrected chi connectivity index (χ3v) is 6.49. The van der Waals surface area contributed by atoms with E-state index < -0.39 is 0 Å². The minimum atomic E-state index is -0.267. The maximum Gasteiger partial charge on any atom is 0.277 e. The predicted molar refractivity (Wildman–Crippen MR) is 141 cm³/mol. The molecule has 0 aliphatic heterocycles. The highest BCUT2D eigenvalue weighted by Gasteiger charge is 2.24. The van der Waals surface area contributed by atoms with Crippen molar-refractivity contribution in [2.75, 3.05) is 20.8 Å². The number of carbonyl (C=O) groups is 1. The molecule has 5 rings (SSSR count). The molecule has 1 amide bonds. The number of ether oxygens (including phenoxy) is 2. The molecule has 0 aliphatic carbocycles. The highest BCUT2D eigenvalue weighted by atomic mass is 16.5. The molecule has 0 aliphatic rings. The van der Waals surface area contributed by atoms with Gasteiger partial charge in [0.2, 0.25) is 5.91 Å². The van der Waals surface area contributed by atoms with Crippen LogP contribution in [0.1, 0.15) is 23.5 Å². The van der Waals surface area contributed by atoms with Crippen LogP contribution in [-0.2, 0) is 11.3 Å². The van der Waals surface area contributed by atoms with E-state index in [0.717, 1.165) is 22.0 Å². The van der Waals surface area contributed by atoms with E-state index in [1.165, 1.54) is 4.68 Å². The lowest BCUT2D eigenvalue weighted by Gasteiger charge is -2.22. The molecule has 0 unspecified atom stereocenters. The fourth-order valence-corrected chi connectivity index (χ4v) is 4.64. The van der Waals surface area contributed by atoms with Crippen molar-refractivity contribution in [3.8, 4) is 11.5 Å². The molecule has 0 bridgehead atoms. The molecule has 0 saturated carbocycles. The summed E-state index contributed by atoms with van der Waals surface area (Å²) < 4.78 is 12.5. The largest absolute Gasteiger partial charge is 0.493 e. The maximum atomic E-state index is 12.9. The number of hydrogen-bond acceptors (Lipinski definition) is 6. The quantitative estimate of drug-likeness (QED) is 0.322. The number of amides is 1. The molecule has 9 nitrogen and oxygen atoms in total. The number of benzene rings is 3. The number of rotatable bonds is 9. The van der Waals surface area contributed by atoms with E-state index >= 15 is 0 Å². The Hall–Kier alpha value is -4.66. The van der Waals surface area contributed by atoms with Crippen molar-refractivity contribution in [1.29, 1.82) is 0 Å². The molecule has 37 heavy (non-hydrogen) atoms. The van der Waals surface area contributed by atoms with Crippen molar-refractivity contribution in [3.63, 3.8) is 0 Å². The Bertz CT molecular complexity index is 1620. The summed E-state index contributed by atoms with van der Waals surface area (Å²) in [6.07, 6.45) is 2.05. The standard InChI is InChI=1S/C28H27N5O4/c1-36-25-13-7-10-19(27(25)37-2)22(21-16-29-23-11-5-3-8-18(21)23)17-30-26(34)14-15-33-28(35)20-9-4-6-12-24(20)31-32-33/h3-13,16,22,29H,14-15,17H2,1-2H3,(H,30,34)/t22-/m0/s1. The Morgan fingerprint density at radius 3 is 2.57 bits per heavy atom. The molecule has 3 aromatic carbocycles. The number of H-pyrrole nitrogens is 1. The van der Waals surface area contributed by atoms with Crippen LogP contribution in [0, 0.1) is 0 Å². The summed E-state index contributed by atoms with van der Waals surface area (Å²) in [5, 5.41) is 12.6. The number of nitrogens with one attached hydrogen (secondary N) is 2. The monoisotopic (exact) mass is 497 g/mol. The topological polar surface area (TPSA) is 111 Å². The molecular weight excluding hydrogens is 470 g/mol. The minimum absolute atomic E-state index is 0.0861. The molecule has 0 saturated heterocycles. The number of para-hydroxylation sites is 2. The summed E-state index contributed by atoms with van der Waals surface area (Å²) in [6, 6.07) is 20.8. The van der Waals surface area contributed by atoms with E-state index in [2.05, 4.69) is 20.6 Å². The lowest BCUT2D eigenvalue weighted by molar-refractivity contribution is -0.121. The van der Waals surface area contributed by atoms with Crippen LogP contribution in [0.5, 0.6) is 11.5 Å². The Balaban J connectivity index is 1.39. The Labute approximate surface area is 213 Å². The molecule has 2 N–H and O–H groups in total. The number of aromatic amines is 1. The highest BCUT2D eigenvalue weighted by Crippen LogP contribution is 2.40. The average molecular weight is 498 g/mol. The second kappa shape index (κ2) is 10.5. The molecule has 0 spiro atoms. The van der Waals surface area contributed by atoms with Crippen molar-refractivity contribution in [2.24, 2.45) is 0 Å². The Kier molecular flexibility index (Phi) is 6.85. The molecule has 0 fully saturated rings. The third kappa shape index (κ3) is 4.75. The first-order valence-corrected chi connectivity index (χ1v) is 12.0. The molecule has 1 atom stereocenters. The molecule has 2 aromatic heterocycles. The fraction of sp³-hybridized carbons (Fsp3) is 0.214. The fourth-order valence-electron chi connectivity index (χ4n) is 4.64. The van der Waals surface area contributed by atoms with Gasteiger partial charge >= 0.3 is 0 Å². The van der Waals surface area contributed by atoms with E-state index in [4.69, 9.17) is 9.47 Å². The first kappa shape index (κ1) is 24.1. The van der Waals surface area contributed by atoms with Crippen molar-refractivity contribution < 1.29 is 14.3 Å². The number of fused-ring (bicyclic) bond motifs is 2. The summed E-state index contributed by atoms with van der Waals surface area (Å²) >= 11 is 0. The van der Waals surface area contributed by atoms with Gasteiger partial charge in [-0.25, -0.2) is 4.68 Å². The second-order valence-corrected chi connectivity index (χ2v) is 8.61. The second-order valence-electron chi connectivity index (χ2n) is 8.61. The summed E-state index contributed by atoms with van der Waals surface area (Å²) in [6.45, 7) is 0.450. The van der Waals surface area contributed by atoms with Gasteiger partial charge in [-0.2, -0.15) is 0 Å². The number of methoxy groups -OCH3 is 2. The van der Waals surface area contributed by atoms with E-state index in [1.54, 1.807) is 38.5 Å². The summed E-state index contributed by atoms with van der Waals surface area (Å²) in [5.74, 6) is 0.819. The SMILES string of the molecule is COc1cccc([C@H](CNC(=O)CCn2nnc3ccccc3c2=O)c2c[nH]c3ccccc23)c1OC. The molecule has 0 radical (unpaired) electrons. The summed E-state index contributed by atoms with van der Waals surface area (Å²) in [5.41, 5.74) is 3.19. The van der Waals surface area contributed by atoms with Crippen molar-refractivity contribution >= 4 is 27.7 Å². The van der Waals surface area contributed by atoms with Crippen LogP contribution in [0.2, 0.25) is 0 Å². The minimum Gasteiger partial charge on any atom is -0.493 e. The highest BCUT2D eigenvalue weighted by molar-refractivity contribution is 5.85. The normalized spacial score (nSPS) is 11.9.